The van der Waals surface area contributed by atoms with Gasteiger partial charge in [-0.1, -0.05) is 6.92 Å². The van der Waals surface area contributed by atoms with Crippen LogP contribution in [0.1, 0.15) is 26.2 Å². The van der Waals surface area contributed by atoms with Gasteiger partial charge < -0.3 is 10.4 Å². The van der Waals surface area contributed by atoms with Crippen LogP contribution in [0.15, 0.2) is 0 Å². The van der Waals surface area contributed by atoms with Crippen molar-refractivity contribution in [2.75, 3.05) is 0 Å². The van der Waals surface area contributed by atoms with Crippen LogP contribution in [0, 0.1) is 0 Å². The number of nitrogens with one attached hydrogen (secondary N) is 1. The molecule has 1 atom stereocenters. The van der Waals surface area contributed by atoms with Gasteiger partial charge in [-0.2, -0.15) is 0 Å². The maximum absolute atomic E-state index is 10.9. The molecule has 1 unspecified atom stereocenters. The summed E-state index contributed by atoms with van der Waals surface area (Å²) in [7, 11) is 0. The number of hydrogen-bond donors (Lipinski definition) is 2. The van der Waals surface area contributed by atoms with Gasteiger partial charge in [0.25, 0.3) is 0 Å². The van der Waals surface area contributed by atoms with E-state index in [0.717, 1.165) is 12.8 Å². The summed E-state index contributed by atoms with van der Waals surface area (Å²) in [5.74, 6) is -0.218. The van der Waals surface area contributed by atoms with Gasteiger partial charge in [0.05, 0.1) is 0 Å². The number of aliphatic hydroxyl groups excluding tert-OH is 1. The molecule has 1 fully saturated rings. The molecule has 0 saturated heterocycles. The minimum absolute atomic E-state index is 0.218. The second-order valence-corrected chi connectivity index (χ2v) is 2.71. The summed E-state index contributed by atoms with van der Waals surface area (Å²) in [6.45, 7) is 1.79. The first-order chi connectivity index (χ1) is 4.74. The predicted molar refractivity (Wildman–Crippen MR) is 37.5 cm³/mol. The van der Waals surface area contributed by atoms with E-state index in [4.69, 9.17) is 5.11 Å². The summed E-state index contributed by atoms with van der Waals surface area (Å²) in [6, 6.07) is 0.355. The molecule has 0 aromatic heterocycles. The van der Waals surface area contributed by atoms with E-state index in [2.05, 4.69) is 5.32 Å². The molecule has 1 saturated carbocycles. The molecule has 0 aromatic rings. The van der Waals surface area contributed by atoms with E-state index in [0.29, 0.717) is 12.5 Å². The highest BCUT2D eigenvalue weighted by Crippen LogP contribution is 2.18. The van der Waals surface area contributed by atoms with Gasteiger partial charge in [0.15, 0.2) is 0 Å². The fraction of sp³-hybridized carbons (Fsp3) is 0.857. The van der Waals surface area contributed by atoms with Crippen LogP contribution < -0.4 is 5.32 Å². The summed E-state index contributed by atoms with van der Waals surface area (Å²) in [5.41, 5.74) is 0. The van der Waals surface area contributed by atoms with Gasteiger partial charge in [-0.05, 0) is 19.3 Å². The third kappa shape index (κ3) is 1.99. The molecule has 3 nitrogen and oxygen atoms in total. The Morgan fingerprint density at radius 1 is 1.80 bits per heavy atom. The summed E-state index contributed by atoms with van der Waals surface area (Å²) in [5, 5.41) is 11.7. The van der Waals surface area contributed by atoms with E-state index in [-0.39, 0.29) is 5.91 Å². The minimum atomic E-state index is -0.805. The van der Waals surface area contributed by atoms with E-state index in [1.54, 1.807) is 6.92 Å². The Hall–Kier alpha value is -0.570. The normalized spacial score (nSPS) is 20.2. The first-order valence-corrected chi connectivity index (χ1v) is 3.72. The molecule has 1 rings (SSSR count). The van der Waals surface area contributed by atoms with Gasteiger partial charge in [0.2, 0.25) is 5.91 Å². The Morgan fingerprint density at radius 2 is 2.40 bits per heavy atom. The van der Waals surface area contributed by atoms with E-state index in [1.165, 1.54) is 0 Å². The van der Waals surface area contributed by atoms with Crippen molar-refractivity contribution in [1.82, 2.24) is 5.32 Å². The highest BCUT2D eigenvalue weighted by Gasteiger charge is 2.25. The molecule has 0 spiro atoms. The highest BCUT2D eigenvalue weighted by atomic mass is 16.3. The van der Waals surface area contributed by atoms with Crippen molar-refractivity contribution in [2.45, 2.75) is 38.3 Å². The Bertz CT molecular complexity index is 132. The van der Waals surface area contributed by atoms with Gasteiger partial charge in [-0.15, -0.1) is 0 Å². The SMILES string of the molecule is CCC(O)C(=O)NC1CC1. The van der Waals surface area contributed by atoms with Gasteiger partial charge in [0, 0.05) is 6.04 Å². The van der Waals surface area contributed by atoms with Gasteiger partial charge in [-0.25, -0.2) is 0 Å². The molecule has 0 radical (unpaired) electrons. The molecule has 0 heterocycles. The molecule has 10 heavy (non-hydrogen) atoms. The summed E-state index contributed by atoms with van der Waals surface area (Å²) < 4.78 is 0. The maximum Gasteiger partial charge on any atom is 0.249 e. The number of aliphatic hydroxyl groups is 1. The van der Waals surface area contributed by atoms with Crippen LogP contribution in [-0.2, 0) is 4.79 Å². The van der Waals surface area contributed by atoms with Crippen molar-refractivity contribution in [3.05, 3.63) is 0 Å². The monoisotopic (exact) mass is 143 g/mol. The first-order valence-electron chi connectivity index (χ1n) is 3.72. The Labute approximate surface area is 60.4 Å². The zero-order chi connectivity index (χ0) is 7.56. The van der Waals surface area contributed by atoms with Crippen molar-refractivity contribution in [2.24, 2.45) is 0 Å². The Morgan fingerprint density at radius 3 is 2.80 bits per heavy atom. The third-order valence-corrected chi connectivity index (χ3v) is 1.61. The predicted octanol–water partition coefficient (Wildman–Crippen LogP) is 0.0359. The summed E-state index contributed by atoms with van der Waals surface area (Å²) in [4.78, 5) is 10.9. The number of carbonyl (C=O) groups is 1. The number of amides is 1. The number of hydrogen-bond acceptors (Lipinski definition) is 2. The second kappa shape index (κ2) is 3.01. The number of rotatable bonds is 3. The molecule has 1 aliphatic rings. The van der Waals surface area contributed by atoms with Crippen LogP contribution in [0.4, 0.5) is 0 Å². The molecular weight excluding hydrogens is 130 g/mol. The van der Waals surface area contributed by atoms with Crippen LogP contribution in [-0.4, -0.2) is 23.2 Å². The molecule has 3 heteroatoms. The van der Waals surface area contributed by atoms with Gasteiger partial charge in [-0.3, -0.25) is 4.79 Å². The lowest BCUT2D eigenvalue weighted by molar-refractivity contribution is -0.129. The lowest BCUT2D eigenvalue weighted by Gasteiger charge is -2.06. The second-order valence-electron chi connectivity index (χ2n) is 2.71. The Balaban J connectivity index is 2.18. The lowest BCUT2D eigenvalue weighted by atomic mass is 10.2. The number of carbonyl (C=O) groups excluding carboxylic acids is 1. The highest BCUT2D eigenvalue weighted by molar-refractivity contribution is 5.80. The zero-order valence-corrected chi connectivity index (χ0v) is 6.13. The minimum Gasteiger partial charge on any atom is -0.383 e. The van der Waals surface area contributed by atoms with Gasteiger partial charge in [0.1, 0.15) is 6.10 Å². The third-order valence-electron chi connectivity index (χ3n) is 1.61. The molecule has 2 N–H and O–H groups in total. The van der Waals surface area contributed by atoms with Gasteiger partial charge >= 0.3 is 0 Å². The zero-order valence-electron chi connectivity index (χ0n) is 6.13. The molecule has 0 bridgehead atoms. The Kier molecular flexibility index (Phi) is 2.27. The largest absolute Gasteiger partial charge is 0.383 e. The topological polar surface area (TPSA) is 49.3 Å². The van der Waals surface area contributed by atoms with Crippen molar-refractivity contribution in [1.29, 1.82) is 0 Å². The molecular formula is C7H13NO2. The standard InChI is InChI=1S/C7H13NO2/c1-2-6(9)7(10)8-5-3-4-5/h5-6,9H,2-4H2,1H3,(H,8,10). The fourth-order valence-electron chi connectivity index (χ4n) is 0.710. The van der Waals surface area contributed by atoms with E-state index in [9.17, 15) is 4.79 Å². The van der Waals surface area contributed by atoms with Crippen molar-refractivity contribution >= 4 is 5.91 Å². The van der Waals surface area contributed by atoms with Crippen molar-refractivity contribution in [3.8, 4) is 0 Å². The van der Waals surface area contributed by atoms with Crippen LogP contribution in [0.5, 0.6) is 0 Å². The van der Waals surface area contributed by atoms with E-state index < -0.39 is 6.10 Å². The van der Waals surface area contributed by atoms with Crippen LogP contribution in [0.2, 0.25) is 0 Å². The van der Waals surface area contributed by atoms with Crippen LogP contribution in [0.25, 0.3) is 0 Å². The average Bonchev–Trinajstić information content (AvgIpc) is 2.70. The summed E-state index contributed by atoms with van der Waals surface area (Å²) in [6.07, 6.45) is 1.84. The lowest BCUT2D eigenvalue weighted by Crippen LogP contribution is -2.35. The quantitative estimate of drug-likeness (QED) is 0.586. The van der Waals surface area contributed by atoms with Crippen molar-refractivity contribution in [3.63, 3.8) is 0 Å². The molecule has 0 aromatic carbocycles. The maximum atomic E-state index is 10.9. The molecule has 58 valence electrons. The van der Waals surface area contributed by atoms with Crippen molar-refractivity contribution < 1.29 is 9.90 Å². The van der Waals surface area contributed by atoms with Crippen LogP contribution >= 0.6 is 0 Å². The van der Waals surface area contributed by atoms with E-state index in [1.807, 2.05) is 0 Å². The van der Waals surface area contributed by atoms with Crippen LogP contribution in [0.3, 0.4) is 0 Å². The molecule has 1 aliphatic carbocycles. The fourth-order valence-corrected chi connectivity index (χ4v) is 0.710. The first kappa shape index (κ1) is 7.54. The molecule has 1 amide bonds. The van der Waals surface area contributed by atoms with E-state index >= 15 is 0 Å². The summed E-state index contributed by atoms with van der Waals surface area (Å²) >= 11 is 0. The average molecular weight is 143 g/mol. The molecule has 0 aliphatic heterocycles. The smallest absolute Gasteiger partial charge is 0.249 e.